The van der Waals surface area contributed by atoms with E-state index in [0.717, 1.165) is 5.56 Å². The molecule has 4 rings (SSSR count). The second kappa shape index (κ2) is 9.88. The lowest BCUT2D eigenvalue weighted by molar-refractivity contribution is -0.126. The molecule has 178 valence electrons. The van der Waals surface area contributed by atoms with Gasteiger partial charge >= 0.3 is 0 Å². The Morgan fingerprint density at radius 3 is 2.39 bits per heavy atom. The normalized spacial score (nSPS) is 16.8. The molecule has 0 spiro atoms. The highest BCUT2D eigenvalue weighted by Crippen LogP contribution is 2.32. The van der Waals surface area contributed by atoms with E-state index in [9.17, 15) is 13.2 Å². The Bertz CT molecular complexity index is 1110. The maximum Gasteiger partial charge on any atom is 0.243 e. The molecular formula is C23H28N2O7S. The SMILES string of the molecule is COc1ccc(S(=O)(=O)N2CCC(C(=O)NCc3ccc4c(c3)OCCO4)CC2)cc1OC. The molecule has 2 aromatic rings. The number of fused-ring (bicyclic) bond motifs is 1. The van der Waals surface area contributed by atoms with Crippen molar-refractivity contribution in [3.05, 3.63) is 42.0 Å². The van der Waals surface area contributed by atoms with Gasteiger partial charge in [-0.25, -0.2) is 8.42 Å². The van der Waals surface area contributed by atoms with E-state index in [0.29, 0.717) is 55.6 Å². The molecule has 2 aliphatic rings. The molecule has 1 amide bonds. The molecule has 10 heteroatoms. The van der Waals surface area contributed by atoms with E-state index in [1.165, 1.54) is 30.7 Å². The monoisotopic (exact) mass is 476 g/mol. The standard InChI is InChI=1S/C23H28N2O7S/c1-29-19-6-4-18(14-21(19)30-2)33(27,28)25-9-7-17(8-10-25)23(26)24-15-16-3-5-20-22(13-16)32-12-11-31-20/h3-6,13-14,17H,7-12,15H2,1-2H3,(H,24,26). The lowest BCUT2D eigenvalue weighted by atomic mass is 9.97. The van der Waals surface area contributed by atoms with Gasteiger partial charge in [-0.05, 0) is 42.7 Å². The first kappa shape index (κ1) is 23.2. The van der Waals surface area contributed by atoms with Crippen molar-refractivity contribution in [1.29, 1.82) is 0 Å². The number of rotatable bonds is 7. The van der Waals surface area contributed by atoms with Crippen LogP contribution in [-0.2, 0) is 21.4 Å². The highest BCUT2D eigenvalue weighted by Gasteiger charge is 2.32. The fraction of sp³-hybridized carbons (Fsp3) is 0.435. The molecule has 1 fully saturated rings. The number of hydrogen-bond donors (Lipinski definition) is 1. The van der Waals surface area contributed by atoms with Crippen LogP contribution in [0.15, 0.2) is 41.3 Å². The highest BCUT2D eigenvalue weighted by atomic mass is 32.2. The molecule has 0 radical (unpaired) electrons. The quantitative estimate of drug-likeness (QED) is 0.653. The zero-order chi connectivity index (χ0) is 23.4. The van der Waals surface area contributed by atoms with E-state index in [1.807, 2.05) is 18.2 Å². The summed E-state index contributed by atoms with van der Waals surface area (Å²) >= 11 is 0. The minimum Gasteiger partial charge on any atom is -0.493 e. The largest absolute Gasteiger partial charge is 0.493 e. The van der Waals surface area contributed by atoms with Crippen LogP contribution in [-0.4, -0.2) is 59.2 Å². The van der Waals surface area contributed by atoms with Crippen molar-refractivity contribution in [3.8, 4) is 23.0 Å². The Labute approximate surface area is 193 Å². The topological polar surface area (TPSA) is 103 Å². The number of nitrogens with one attached hydrogen (secondary N) is 1. The molecule has 2 heterocycles. The first-order chi connectivity index (χ1) is 15.9. The number of carbonyl (C=O) groups is 1. The summed E-state index contributed by atoms with van der Waals surface area (Å²) in [7, 11) is -0.735. The van der Waals surface area contributed by atoms with Gasteiger partial charge in [-0.15, -0.1) is 0 Å². The van der Waals surface area contributed by atoms with Gasteiger partial charge in [0.25, 0.3) is 0 Å². The molecule has 0 aliphatic carbocycles. The fourth-order valence-corrected chi connectivity index (χ4v) is 5.50. The van der Waals surface area contributed by atoms with Crippen LogP contribution in [0.4, 0.5) is 0 Å². The van der Waals surface area contributed by atoms with Crippen LogP contribution in [0, 0.1) is 5.92 Å². The molecule has 9 nitrogen and oxygen atoms in total. The number of methoxy groups -OCH3 is 2. The molecule has 0 aromatic heterocycles. The van der Waals surface area contributed by atoms with Crippen LogP contribution in [0.1, 0.15) is 18.4 Å². The van der Waals surface area contributed by atoms with Crippen LogP contribution in [0.5, 0.6) is 23.0 Å². The first-order valence-electron chi connectivity index (χ1n) is 10.8. The average Bonchev–Trinajstić information content (AvgIpc) is 2.86. The van der Waals surface area contributed by atoms with Crippen LogP contribution < -0.4 is 24.3 Å². The number of hydrogen-bond acceptors (Lipinski definition) is 7. The summed E-state index contributed by atoms with van der Waals surface area (Å²) < 4.78 is 49.0. The van der Waals surface area contributed by atoms with Gasteiger partial charge < -0.3 is 24.3 Å². The third-order valence-electron chi connectivity index (χ3n) is 5.89. The summed E-state index contributed by atoms with van der Waals surface area (Å²) in [6.07, 6.45) is 0.916. The first-order valence-corrected chi connectivity index (χ1v) is 12.2. The van der Waals surface area contributed by atoms with Crippen molar-refractivity contribution >= 4 is 15.9 Å². The van der Waals surface area contributed by atoms with E-state index < -0.39 is 10.0 Å². The number of amides is 1. The van der Waals surface area contributed by atoms with E-state index >= 15 is 0 Å². The Kier molecular flexibility index (Phi) is 6.94. The van der Waals surface area contributed by atoms with Crippen LogP contribution in [0.25, 0.3) is 0 Å². The van der Waals surface area contributed by atoms with Crippen molar-refractivity contribution in [2.75, 3.05) is 40.5 Å². The molecule has 1 saturated heterocycles. The van der Waals surface area contributed by atoms with Crippen LogP contribution in [0.3, 0.4) is 0 Å². The molecule has 2 aliphatic heterocycles. The van der Waals surface area contributed by atoms with Crippen molar-refractivity contribution in [1.82, 2.24) is 9.62 Å². The fourth-order valence-electron chi connectivity index (χ4n) is 4.02. The Balaban J connectivity index is 1.33. The van der Waals surface area contributed by atoms with Crippen LogP contribution >= 0.6 is 0 Å². The van der Waals surface area contributed by atoms with Gasteiger partial charge in [0.2, 0.25) is 15.9 Å². The smallest absolute Gasteiger partial charge is 0.243 e. The van der Waals surface area contributed by atoms with Gasteiger partial charge in [-0.3, -0.25) is 4.79 Å². The third kappa shape index (κ3) is 5.01. The number of sulfonamides is 1. The summed E-state index contributed by atoms with van der Waals surface area (Å²) in [5.41, 5.74) is 0.918. The van der Waals surface area contributed by atoms with E-state index in [4.69, 9.17) is 18.9 Å². The molecule has 1 N–H and O–H groups in total. The summed E-state index contributed by atoms with van der Waals surface area (Å²) in [4.78, 5) is 12.8. The molecule has 0 saturated carbocycles. The maximum atomic E-state index is 13.1. The summed E-state index contributed by atoms with van der Waals surface area (Å²) in [5, 5.41) is 2.95. The van der Waals surface area contributed by atoms with E-state index in [-0.39, 0.29) is 29.8 Å². The Hall–Kier alpha value is -2.98. The van der Waals surface area contributed by atoms with Crippen molar-refractivity contribution in [2.24, 2.45) is 5.92 Å². The predicted octanol–water partition coefficient (Wildman–Crippen LogP) is 2.19. The van der Waals surface area contributed by atoms with Gasteiger partial charge in [-0.1, -0.05) is 6.07 Å². The number of carbonyl (C=O) groups excluding carboxylic acids is 1. The third-order valence-corrected chi connectivity index (χ3v) is 7.79. The number of ether oxygens (including phenoxy) is 4. The van der Waals surface area contributed by atoms with E-state index in [1.54, 1.807) is 6.07 Å². The second-order valence-electron chi connectivity index (χ2n) is 7.89. The lowest BCUT2D eigenvalue weighted by Crippen LogP contribution is -2.42. The van der Waals surface area contributed by atoms with Gasteiger partial charge in [0, 0.05) is 31.6 Å². The Morgan fingerprint density at radius 1 is 1.00 bits per heavy atom. The number of piperidine rings is 1. The molecule has 2 aromatic carbocycles. The zero-order valence-corrected chi connectivity index (χ0v) is 19.5. The Morgan fingerprint density at radius 2 is 1.70 bits per heavy atom. The summed E-state index contributed by atoms with van der Waals surface area (Å²) in [5.74, 6) is 1.89. The van der Waals surface area contributed by atoms with Crippen LogP contribution in [0.2, 0.25) is 0 Å². The number of nitrogens with zero attached hydrogens (tertiary/aromatic N) is 1. The van der Waals surface area contributed by atoms with Crippen molar-refractivity contribution < 1.29 is 32.2 Å². The molecular weight excluding hydrogens is 448 g/mol. The molecule has 0 atom stereocenters. The van der Waals surface area contributed by atoms with Crippen molar-refractivity contribution in [3.63, 3.8) is 0 Å². The highest BCUT2D eigenvalue weighted by molar-refractivity contribution is 7.89. The van der Waals surface area contributed by atoms with Gasteiger partial charge in [0.15, 0.2) is 23.0 Å². The number of benzene rings is 2. The summed E-state index contributed by atoms with van der Waals surface area (Å²) in [6.45, 7) is 1.97. The minimum absolute atomic E-state index is 0.0759. The summed E-state index contributed by atoms with van der Waals surface area (Å²) in [6, 6.07) is 10.1. The van der Waals surface area contributed by atoms with Crippen molar-refractivity contribution in [2.45, 2.75) is 24.3 Å². The van der Waals surface area contributed by atoms with Gasteiger partial charge in [-0.2, -0.15) is 4.31 Å². The molecule has 33 heavy (non-hydrogen) atoms. The second-order valence-corrected chi connectivity index (χ2v) is 9.83. The van der Waals surface area contributed by atoms with Gasteiger partial charge in [0.05, 0.1) is 19.1 Å². The van der Waals surface area contributed by atoms with Gasteiger partial charge in [0.1, 0.15) is 13.2 Å². The lowest BCUT2D eigenvalue weighted by Gasteiger charge is -2.30. The predicted molar refractivity (Wildman–Crippen MR) is 120 cm³/mol. The molecule has 0 unspecified atom stereocenters. The maximum absolute atomic E-state index is 13.1. The average molecular weight is 477 g/mol. The minimum atomic E-state index is -3.69. The zero-order valence-electron chi connectivity index (χ0n) is 18.7. The van der Waals surface area contributed by atoms with E-state index in [2.05, 4.69) is 5.32 Å². The molecule has 0 bridgehead atoms.